The third-order valence-corrected chi connectivity index (χ3v) is 4.30. The smallest absolute Gasteiger partial charge is 0.0414 e. The van der Waals surface area contributed by atoms with E-state index >= 15 is 0 Å². The molecule has 1 aromatic rings. The number of nitrogens with zero attached hydrogens (tertiary/aromatic N) is 1. The number of rotatable bonds is 5. The largest absolute Gasteiger partial charge is 0.261 e. The van der Waals surface area contributed by atoms with Crippen molar-refractivity contribution in [3.05, 3.63) is 30.1 Å². The first-order chi connectivity index (χ1) is 7.84. The van der Waals surface area contributed by atoms with E-state index in [1.54, 1.807) is 0 Å². The molecular formula is C14H20BrN. The second-order valence-corrected chi connectivity index (χ2v) is 6.15. The quantitative estimate of drug-likeness (QED) is 0.731. The molecule has 0 N–H and O–H groups in total. The highest BCUT2D eigenvalue weighted by Crippen LogP contribution is 2.30. The van der Waals surface area contributed by atoms with Crippen molar-refractivity contribution in [1.29, 1.82) is 0 Å². The van der Waals surface area contributed by atoms with Crippen molar-refractivity contribution in [3.8, 4) is 0 Å². The summed E-state index contributed by atoms with van der Waals surface area (Å²) in [5.74, 6) is 1.00. The number of halogens is 1. The highest BCUT2D eigenvalue weighted by Gasteiger charge is 2.16. The van der Waals surface area contributed by atoms with Crippen LogP contribution in [-0.4, -0.2) is 9.81 Å². The first-order valence-electron chi connectivity index (χ1n) is 6.38. The molecule has 0 bridgehead atoms. The van der Waals surface area contributed by atoms with Crippen LogP contribution in [0.4, 0.5) is 0 Å². The molecule has 1 nitrogen and oxygen atoms in total. The molecule has 88 valence electrons. The third kappa shape index (κ3) is 3.89. The van der Waals surface area contributed by atoms with Crippen molar-refractivity contribution < 1.29 is 0 Å². The topological polar surface area (TPSA) is 12.9 Å². The van der Waals surface area contributed by atoms with Crippen molar-refractivity contribution in [2.75, 3.05) is 0 Å². The molecule has 1 heterocycles. The van der Waals surface area contributed by atoms with Crippen LogP contribution in [0.1, 0.15) is 44.2 Å². The minimum atomic E-state index is 0.600. The van der Waals surface area contributed by atoms with Gasteiger partial charge in [-0.3, -0.25) is 4.98 Å². The second-order valence-electron chi connectivity index (χ2n) is 4.85. The molecule has 1 atom stereocenters. The molecule has 0 amide bonds. The van der Waals surface area contributed by atoms with E-state index in [0.29, 0.717) is 4.83 Å². The first-order valence-corrected chi connectivity index (χ1v) is 7.30. The number of pyridine rings is 1. The summed E-state index contributed by atoms with van der Waals surface area (Å²) in [6, 6.07) is 6.16. The average Bonchev–Trinajstić information content (AvgIpc) is 2.81. The molecule has 0 saturated heterocycles. The lowest BCUT2D eigenvalue weighted by atomic mass is 9.99. The predicted molar refractivity (Wildman–Crippen MR) is 71.8 cm³/mol. The molecule has 2 heteroatoms. The molecule has 1 aliphatic rings. The third-order valence-electron chi connectivity index (χ3n) is 3.52. The Morgan fingerprint density at radius 2 is 2.12 bits per heavy atom. The van der Waals surface area contributed by atoms with Crippen LogP contribution in [0.2, 0.25) is 0 Å². The summed E-state index contributed by atoms with van der Waals surface area (Å²) < 4.78 is 0. The Hall–Kier alpha value is -0.370. The van der Waals surface area contributed by atoms with Gasteiger partial charge in [-0.1, -0.05) is 47.7 Å². The molecule has 1 unspecified atom stereocenters. The van der Waals surface area contributed by atoms with Crippen LogP contribution in [0.15, 0.2) is 24.4 Å². The van der Waals surface area contributed by atoms with Gasteiger partial charge in [0, 0.05) is 23.1 Å². The maximum Gasteiger partial charge on any atom is 0.0414 e. The minimum absolute atomic E-state index is 0.600. The van der Waals surface area contributed by atoms with Gasteiger partial charge in [-0.2, -0.15) is 0 Å². The van der Waals surface area contributed by atoms with Crippen molar-refractivity contribution in [2.24, 2.45) is 5.92 Å². The Morgan fingerprint density at radius 3 is 2.81 bits per heavy atom. The molecule has 0 aliphatic heterocycles. The fraction of sp³-hybridized carbons (Fsp3) is 0.643. The van der Waals surface area contributed by atoms with Crippen LogP contribution in [-0.2, 0) is 6.42 Å². The summed E-state index contributed by atoms with van der Waals surface area (Å²) in [5.41, 5.74) is 1.20. The summed E-state index contributed by atoms with van der Waals surface area (Å²) in [6.07, 6.45) is 11.5. The molecule has 0 radical (unpaired) electrons. The average molecular weight is 282 g/mol. The zero-order chi connectivity index (χ0) is 11.2. The number of alkyl halides is 1. The van der Waals surface area contributed by atoms with Crippen molar-refractivity contribution in [1.82, 2.24) is 4.98 Å². The normalized spacial score (nSPS) is 18.8. The number of hydrogen-bond donors (Lipinski definition) is 0. The molecule has 2 rings (SSSR count). The molecule has 0 aromatic carbocycles. The van der Waals surface area contributed by atoms with Crippen LogP contribution in [0, 0.1) is 5.92 Å². The predicted octanol–water partition coefficient (Wildman–Crippen LogP) is 4.36. The Balaban J connectivity index is 1.69. The summed E-state index contributed by atoms with van der Waals surface area (Å²) in [5, 5.41) is 0. The molecule has 1 aliphatic carbocycles. The lowest BCUT2D eigenvalue weighted by Crippen LogP contribution is -2.06. The fourth-order valence-corrected chi connectivity index (χ4v) is 3.16. The van der Waals surface area contributed by atoms with Gasteiger partial charge in [0.1, 0.15) is 0 Å². The highest BCUT2D eigenvalue weighted by atomic mass is 79.9. The van der Waals surface area contributed by atoms with E-state index in [1.165, 1.54) is 44.2 Å². The standard InChI is InChI=1S/C14H20BrN/c15-13(9-8-12-5-1-2-6-12)11-14-7-3-4-10-16-14/h3-4,7,10,12-13H,1-2,5-6,8-9,11H2. The van der Waals surface area contributed by atoms with Gasteiger partial charge < -0.3 is 0 Å². The molecular weight excluding hydrogens is 262 g/mol. The maximum atomic E-state index is 4.37. The van der Waals surface area contributed by atoms with Crippen molar-refractivity contribution in [3.63, 3.8) is 0 Å². The van der Waals surface area contributed by atoms with E-state index in [1.807, 2.05) is 12.3 Å². The summed E-state index contributed by atoms with van der Waals surface area (Å²) in [7, 11) is 0. The Labute approximate surface area is 107 Å². The van der Waals surface area contributed by atoms with Crippen molar-refractivity contribution in [2.45, 2.75) is 49.8 Å². The minimum Gasteiger partial charge on any atom is -0.261 e. The van der Waals surface area contributed by atoms with E-state index in [2.05, 4.69) is 33.0 Å². The highest BCUT2D eigenvalue weighted by molar-refractivity contribution is 9.09. The van der Waals surface area contributed by atoms with Gasteiger partial charge in [0.05, 0.1) is 0 Å². The van der Waals surface area contributed by atoms with Gasteiger partial charge in [0.15, 0.2) is 0 Å². The summed E-state index contributed by atoms with van der Waals surface area (Å²) in [6.45, 7) is 0. The van der Waals surface area contributed by atoms with Crippen molar-refractivity contribution >= 4 is 15.9 Å². The monoisotopic (exact) mass is 281 g/mol. The van der Waals surface area contributed by atoms with Gasteiger partial charge >= 0.3 is 0 Å². The van der Waals surface area contributed by atoms with Crippen LogP contribution in [0.25, 0.3) is 0 Å². The van der Waals surface area contributed by atoms with E-state index in [-0.39, 0.29) is 0 Å². The van der Waals surface area contributed by atoms with Crippen LogP contribution in [0.5, 0.6) is 0 Å². The maximum absolute atomic E-state index is 4.37. The van der Waals surface area contributed by atoms with Crippen LogP contribution >= 0.6 is 15.9 Å². The second kappa shape index (κ2) is 6.39. The van der Waals surface area contributed by atoms with Gasteiger partial charge in [0.25, 0.3) is 0 Å². The Kier molecular flexibility index (Phi) is 4.83. The van der Waals surface area contributed by atoms with Gasteiger partial charge in [-0.15, -0.1) is 0 Å². The lowest BCUT2D eigenvalue weighted by molar-refractivity contribution is 0.479. The molecule has 0 spiro atoms. The van der Waals surface area contributed by atoms with Gasteiger partial charge in [0.2, 0.25) is 0 Å². The first kappa shape index (κ1) is 12.1. The molecule has 16 heavy (non-hydrogen) atoms. The SMILES string of the molecule is BrC(CCC1CCCC1)Cc1ccccn1. The lowest BCUT2D eigenvalue weighted by Gasteiger charge is -2.12. The van der Waals surface area contributed by atoms with Gasteiger partial charge in [-0.25, -0.2) is 0 Å². The Bertz CT molecular complexity index is 293. The van der Waals surface area contributed by atoms with E-state index in [0.717, 1.165) is 12.3 Å². The zero-order valence-corrected chi connectivity index (χ0v) is 11.3. The Morgan fingerprint density at radius 1 is 1.31 bits per heavy atom. The van der Waals surface area contributed by atoms with E-state index in [9.17, 15) is 0 Å². The van der Waals surface area contributed by atoms with E-state index in [4.69, 9.17) is 0 Å². The number of hydrogen-bond acceptors (Lipinski definition) is 1. The van der Waals surface area contributed by atoms with E-state index < -0.39 is 0 Å². The molecule has 1 fully saturated rings. The molecule has 1 aromatic heterocycles. The van der Waals surface area contributed by atoms with Crippen LogP contribution < -0.4 is 0 Å². The van der Waals surface area contributed by atoms with Crippen LogP contribution in [0.3, 0.4) is 0 Å². The number of aromatic nitrogens is 1. The summed E-state index contributed by atoms with van der Waals surface area (Å²) >= 11 is 3.78. The fourth-order valence-electron chi connectivity index (χ4n) is 2.56. The summed E-state index contributed by atoms with van der Waals surface area (Å²) in [4.78, 5) is 4.97. The molecule has 1 saturated carbocycles. The zero-order valence-electron chi connectivity index (χ0n) is 9.74. The van der Waals surface area contributed by atoms with Gasteiger partial charge in [-0.05, 0) is 30.9 Å².